The van der Waals surface area contributed by atoms with E-state index in [1.807, 2.05) is 27.7 Å². The second-order valence-corrected chi connectivity index (χ2v) is 9.35. The summed E-state index contributed by atoms with van der Waals surface area (Å²) in [4.78, 5) is 26.9. The fourth-order valence-electron chi connectivity index (χ4n) is 2.69. The second-order valence-electron chi connectivity index (χ2n) is 7.17. The maximum atomic E-state index is 12.4. The lowest BCUT2D eigenvalue weighted by atomic mass is 9.81. The molecule has 2 rings (SSSR count). The van der Waals surface area contributed by atoms with E-state index < -0.39 is 11.6 Å². The average molecular weight is 451 g/mol. The maximum Gasteiger partial charge on any atom is 0.410 e. The molecule has 1 atom stereocenters. The van der Waals surface area contributed by atoms with Gasteiger partial charge in [0, 0.05) is 21.0 Å². The highest BCUT2D eigenvalue weighted by Gasteiger charge is 2.40. The number of aryl methyl sites for hydroxylation is 1. The molecule has 0 radical (unpaired) electrons. The third-order valence-corrected chi connectivity index (χ3v) is 6.98. The number of ether oxygens (including phenoxy) is 1. The van der Waals surface area contributed by atoms with Crippen LogP contribution in [0.4, 0.5) is 4.79 Å². The summed E-state index contributed by atoms with van der Waals surface area (Å²) < 4.78 is 6.28. The van der Waals surface area contributed by atoms with Gasteiger partial charge in [-0.1, -0.05) is 0 Å². The van der Waals surface area contributed by atoms with Crippen molar-refractivity contribution in [1.29, 1.82) is 0 Å². The van der Waals surface area contributed by atoms with Crippen LogP contribution in [0.25, 0.3) is 0 Å². The van der Waals surface area contributed by atoms with Crippen molar-refractivity contribution >= 4 is 46.0 Å². The zero-order chi connectivity index (χ0) is 17.6. The lowest BCUT2D eigenvalue weighted by Crippen LogP contribution is -2.52. The summed E-state index contributed by atoms with van der Waals surface area (Å²) in [5, 5.41) is 9.29. The number of carbonyl (C=O) groups is 2. The van der Waals surface area contributed by atoms with Crippen LogP contribution in [0.1, 0.15) is 54.2 Å². The molecule has 1 unspecified atom stereocenters. The highest BCUT2D eigenvalue weighted by molar-refractivity contribution is 14.1. The van der Waals surface area contributed by atoms with E-state index in [9.17, 15) is 14.7 Å². The van der Waals surface area contributed by atoms with Gasteiger partial charge < -0.3 is 14.7 Å². The molecule has 0 saturated heterocycles. The molecule has 0 bridgehead atoms. The standard InChI is InChI=1S/C16H22INO4S/c1-15(2,3)22-14(21)18(5)16(4)7-6-10-9(8-16)11(17)12(23-10)13(19)20/h6-8H2,1-5H3,(H,19,20). The van der Waals surface area contributed by atoms with Crippen LogP contribution < -0.4 is 0 Å². The molecule has 1 aliphatic carbocycles. The molecule has 1 heterocycles. The number of hydrogen-bond acceptors (Lipinski definition) is 4. The summed E-state index contributed by atoms with van der Waals surface area (Å²) in [6.07, 6.45) is 1.89. The molecular weight excluding hydrogens is 429 g/mol. The summed E-state index contributed by atoms with van der Waals surface area (Å²) in [7, 11) is 1.76. The van der Waals surface area contributed by atoms with E-state index >= 15 is 0 Å². The number of carboxylic acid groups (broad SMARTS) is 1. The van der Waals surface area contributed by atoms with E-state index in [0.29, 0.717) is 11.3 Å². The zero-order valence-electron chi connectivity index (χ0n) is 14.0. The lowest BCUT2D eigenvalue weighted by molar-refractivity contribution is 0.00556. The molecule has 0 spiro atoms. The summed E-state index contributed by atoms with van der Waals surface area (Å²) >= 11 is 3.47. The van der Waals surface area contributed by atoms with Gasteiger partial charge in [0.2, 0.25) is 0 Å². The van der Waals surface area contributed by atoms with E-state index in [-0.39, 0.29) is 11.6 Å². The molecule has 7 heteroatoms. The number of hydrogen-bond donors (Lipinski definition) is 1. The van der Waals surface area contributed by atoms with Gasteiger partial charge in [-0.25, -0.2) is 9.59 Å². The van der Waals surface area contributed by atoms with Gasteiger partial charge in [0.25, 0.3) is 0 Å². The molecule has 1 amide bonds. The van der Waals surface area contributed by atoms with Crippen LogP contribution >= 0.6 is 33.9 Å². The highest BCUT2D eigenvalue weighted by Crippen LogP contribution is 2.40. The molecule has 0 aliphatic heterocycles. The van der Waals surface area contributed by atoms with Gasteiger partial charge >= 0.3 is 12.1 Å². The molecule has 1 aliphatic rings. The Labute approximate surface area is 154 Å². The zero-order valence-corrected chi connectivity index (χ0v) is 17.0. The summed E-state index contributed by atoms with van der Waals surface area (Å²) in [5.74, 6) is -0.879. The van der Waals surface area contributed by atoms with Crippen LogP contribution in [0, 0.1) is 3.57 Å². The van der Waals surface area contributed by atoms with Crippen molar-refractivity contribution in [2.45, 2.75) is 58.1 Å². The van der Waals surface area contributed by atoms with Gasteiger partial charge in [-0.3, -0.25) is 0 Å². The van der Waals surface area contributed by atoms with Gasteiger partial charge in [-0.05, 0) is 75.1 Å². The van der Waals surface area contributed by atoms with Crippen LogP contribution in [-0.2, 0) is 17.6 Å². The second kappa shape index (κ2) is 6.23. The SMILES string of the molecule is CN(C(=O)OC(C)(C)C)C1(C)CCc2sc(C(=O)O)c(I)c2C1. The number of amides is 1. The Kier molecular flexibility index (Phi) is 5.02. The fraction of sp³-hybridized carbons (Fsp3) is 0.625. The predicted octanol–water partition coefficient (Wildman–Crippen LogP) is 4.17. The number of carboxylic acids is 1. The van der Waals surface area contributed by atoms with Crippen molar-refractivity contribution in [3.8, 4) is 0 Å². The van der Waals surface area contributed by atoms with Crippen LogP contribution in [0.5, 0.6) is 0 Å². The van der Waals surface area contributed by atoms with Crippen molar-refractivity contribution in [1.82, 2.24) is 4.90 Å². The maximum absolute atomic E-state index is 12.4. The number of fused-ring (bicyclic) bond motifs is 1. The number of likely N-dealkylation sites (N-methyl/N-ethyl adjacent to an activating group) is 1. The van der Waals surface area contributed by atoms with Crippen molar-refractivity contribution < 1.29 is 19.4 Å². The molecule has 1 N–H and O–H groups in total. The number of halogens is 1. The Morgan fingerprint density at radius 1 is 1.39 bits per heavy atom. The smallest absolute Gasteiger partial charge is 0.410 e. The monoisotopic (exact) mass is 451 g/mol. The molecule has 23 heavy (non-hydrogen) atoms. The van der Waals surface area contributed by atoms with Crippen LogP contribution in [0.15, 0.2) is 0 Å². The molecular formula is C16H22INO4S. The number of thiophene rings is 1. The Balaban J connectivity index is 2.26. The van der Waals surface area contributed by atoms with Gasteiger partial charge in [-0.15, -0.1) is 11.3 Å². The Morgan fingerprint density at radius 2 is 2.00 bits per heavy atom. The van der Waals surface area contributed by atoms with E-state index in [2.05, 4.69) is 22.6 Å². The molecule has 1 aromatic rings. The topological polar surface area (TPSA) is 66.8 Å². The molecule has 0 aromatic carbocycles. The Morgan fingerprint density at radius 3 is 2.52 bits per heavy atom. The average Bonchev–Trinajstić information content (AvgIpc) is 2.73. The first-order chi connectivity index (χ1) is 10.4. The van der Waals surface area contributed by atoms with Gasteiger partial charge in [0.15, 0.2) is 0 Å². The van der Waals surface area contributed by atoms with Crippen LogP contribution in [-0.4, -0.2) is 40.3 Å². The number of nitrogens with zero attached hydrogens (tertiary/aromatic N) is 1. The normalized spacial score (nSPS) is 20.8. The summed E-state index contributed by atoms with van der Waals surface area (Å²) in [5.41, 5.74) is 0.165. The van der Waals surface area contributed by atoms with Gasteiger partial charge in [0.05, 0.1) is 0 Å². The third kappa shape index (κ3) is 3.81. The molecule has 128 valence electrons. The van der Waals surface area contributed by atoms with E-state index in [1.54, 1.807) is 11.9 Å². The third-order valence-electron chi connectivity index (χ3n) is 4.15. The minimum Gasteiger partial charge on any atom is -0.477 e. The lowest BCUT2D eigenvalue weighted by Gasteiger charge is -2.42. The first kappa shape index (κ1) is 18.5. The molecule has 0 saturated carbocycles. The first-order valence-corrected chi connectivity index (χ1v) is 9.34. The summed E-state index contributed by atoms with van der Waals surface area (Å²) in [6, 6.07) is 0. The number of rotatable bonds is 2. The van der Waals surface area contributed by atoms with Gasteiger partial charge in [-0.2, -0.15) is 0 Å². The predicted molar refractivity (Wildman–Crippen MR) is 98.4 cm³/mol. The van der Waals surface area contributed by atoms with Crippen molar-refractivity contribution in [3.63, 3.8) is 0 Å². The molecule has 0 fully saturated rings. The van der Waals surface area contributed by atoms with Crippen LogP contribution in [0.2, 0.25) is 0 Å². The Hall–Kier alpha value is -0.830. The van der Waals surface area contributed by atoms with Gasteiger partial charge in [0.1, 0.15) is 10.5 Å². The van der Waals surface area contributed by atoms with E-state index in [0.717, 1.165) is 26.9 Å². The quantitative estimate of drug-likeness (QED) is 0.686. The summed E-state index contributed by atoms with van der Waals surface area (Å²) in [6.45, 7) is 7.58. The van der Waals surface area contributed by atoms with E-state index in [4.69, 9.17) is 4.74 Å². The van der Waals surface area contributed by atoms with Crippen molar-refractivity contribution in [2.24, 2.45) is 0 Å². The minimum absolute atomic E-state index is 0.341. The van der Waals surface area contributed by atoms with Crippen molar-refractivity contribution in [3.05, 3.63) is 18.9 Å². The van der Waals surface area contributed by atoms with Crippen molar-refractivity contribution in [2.75, 3.05) is 7.05 Å². The fourth-order valence-corrected chi connectivity index (χ4v) is 5.00. The first-order valence-electron chi connectivity index (χ1n) is 7.45. The Bertz CT molecular complexity index is 649. The highest BCUT2D eigenvalue weighted by atomic mass is 127. The minimum atomic E-state index is -0.879. The largest absolute Gasteiger partial charge is 0.477 e. The number of aromatic carboxylic acids is 1. The number of carbonyl (C=O) groups excluding carboxylic acids is 1. The molecule has 5 nitrogen and oxygen atoms in total. The van der Waals surface area contributed by atoms with Crippen LogP contribution in [0.3, 0.4) is 0 Å². The van der Waals surface area contributed by atoms with E-state index in [1.165, 1.54) is 11.3 Å². The molecule has 1 aromatic heterocycles.